The maximum atomic E-state index is 6.31. The number of nitrogens with zero attached hydrogens (tertiary/aromatic N) is 1. The molecule has 4 rings (SSSR count). The molecule has 0 saturated carbocycles. The molecule has 4 aromatic carbocycles. The lowest BCUT2D eigenvalue weighted by Gasteiger charge is -2.09. The first-order chi connectivity index (χ1) is 14.2. The van der Waals surface area contributed by atoms with Crippen molar-refractivity contribution in [1.82, 2.24) is 0 Å². The fourth-order valence-corrected chi connectivity index (χ4v) is 3.60. The molecule has 0 amide bonds. The number of rotatable bonds is 4. The molecule has 0 aliphatic rings. The van der Waals surface area contributed by atoms with Crippen LogP contribution < -0.4 is 10.4 Å². The topological polar surface area (TPSA) is 12.4 Å². The summed E-state index contributed by atoms with van der Waals surface area (Å²) in [6, 6.07) is 31.4. The average Bonchev–Trinajstić information content (AvgIpc) is 2.77. The van der Waals surface area contributed by atoms with E-state index in [4.69, 9.17) is 16.6 Å². The molecule has 0 bridgehead atoms. The lowest BCUT2D eigenvalue weighted by Crippen LogP contribution is -2.25. The van der Waals surface area contributed by atoms with Crippen LogP contribution in [0.25, 0.3) is 34.2 Å². The Morgan fingerprint density at radius 1 is 0.828 bits per heavy atom. The van der Waals surface area contributed by atoms with E-state index in [0.29, 0.717) is 11.6 Å². The average molecular weight is 396 g/mol. The molecule has 0 spiro atoms. The Bertz CT molecular complexity index is 1300. The number of hydrogen-bond donors (Lipinski definition) is 0. The van der Waals surface area contributed by atoms with E-state index in [1.54, 1.807) is 0 Å². The van der Waals surface area contributed by atoms with Gasteiger partial charge >= 0.3 is 0 Å². The quantitative estimate of drug-likeness (QED) is 0.369. The summed E-state index contributed by atoms with van der Waals surface area (Å²) in [5.41, 5.74) is 4.28. The number of aliphatic imine (C=N–C) groups is 1. The van der Waals surface area contributed by atoms with Crippen molar-refractivity contribution in [1.29, 1.82) is 0 Å². The van der Waals surface area contributed by atoms with Crippen LogP contribution in [0, 0.1) is 0 Å². The minimum Gasteiger partial charge on any atom is -0.240 e. The van der Waals surface area contributed by atoms with Crippen molar-refractivity contribution in [2.24, 2.45) is 4.99 Å². The molecule has 0 saturated heterocycles. The fraction of sp³-hybridized carbons (Fsp3) is 0.0741. The van der Waals surface area contributed by atoms with Gasteiger partial charge in [0.05, 0.1) is 5.70 Å². The first-order valence-electron chi connectivity index (χ1n) is 9.77. The van der Waals surface area contributed by atoms with Gasteiger partial charge in [-0.1, -0.05) is 116 Å². The van der Waals surface area contributed by atoms with Crippen molar-refractivity contribution in [2.45, 2.75) is 13.3 Å². The van der Waals surface area contributed by atoms with Gasteiger partial charge in [0, 0.05) is 10.8 Å². The summed E-state index contributed by atoms with van der Waals surface area (Å²) < 4.78 is 0. The Morgan fingerprint density at radius 3 is 2.28 bits per heavy atom. The van der Waals surface area contributed by atoms with Gasteiger partial charge in [-0.2, -0.15) is 0 Å². The van der Waals surface area contributed by atoms with Crippen LogP contribution in [0.3, 0.4) is 0 Å². The number of hydrogen-bond acceptors (Lipinski definition) is 1. The normalized spacial score (nSPS) is 12.8. The summed E-state index contributed by atoms with van der Waals surface area (Å²) >= 11 is 6.31. The third-order valence-electron chi connectivity index (χ3n) is 5.06. The van der Waals surface area contributed by atoms with Crippen LogP contribution in [-0.4, -0.2) is 5.17 Å². The minimum atomic E-state index is 0.585. The lowest BCUT2D eigenvalue weighted by molar-refractivity contribution is 1.29. The molecule has 0 fully saturated rings. The molecule has 0 N–H and O–H groups in total. The predicted molar refractivity (Wildman–Crippen MR) is 127 cm³/mol. The third kappa shape index (κ3) is 4.01. The van der Waals surface area contributed by atoms with Gasteiger partial charge in [-0.05, 0) is 33.5 Å². The van der Waals surface area contributed by atoms with Gasteiger partial charge in [-0.25, -0.2) is 4.99 Å². The van der Waals surface area contributed by atoms with Crippen LogP contribution in [0.2, 0.25) is 0 Å². The summed E-state index contributed by atoms with van der Waals surface area (Å²) in [5, 5.41) is 5.01. The van der Waals surface area contributed by atoms with E-state index in [1.165, 1.54) is 21.9 Å². The molecule has 0 radical (unpaired) electrons. The van der Waals surface area contributed by atoms with Gasteiger partial charge in [0.25, 0.3) is 0 Å². The third-order valence-corrected chi connectivity index (χ3v) is 5.41. The summed E-state index contributed by atoms with van der Waals surface area (Å²) in [5.74, 6) is 0. The van der Waals surface area contributed by atoms with Gasteiger partial charge in [-0.15, -0.1) is 0 Å². The molecule has 0 unspecified atom stereocenters. The molecule has 0 aliphatic carbocycles. The van der Waals surface area contributed by atoms with Crippen LogP contribution >= 0.6 is 11.6 Å². The van der Waals surface area contributed by atoms with Gasteiger partial charge < -0.3 is 0 Å². The summed E-state index contributed by atoms with van der Waals surface area (Å²) in [6.45, 7) is 6.17. The van der Waals surface area contributed by atoms with E-state index in [-0.39, 0.29) is 0 Å². The first-order valence-corrected chi connectivity index (χ1v) is 10.1. The largest absolute Gasteiger partial charge is 0.240 e. The van der Waals surface area contributed by atoms with Crippen LogP contribution in [0.4, 0.5) is 0 Å². The van der Waals surface area contributed by atoms with Gasteiger partial charge in [0.2, 0.25) is 0 Å². The second kappa shape index (κ2) is 8.46. The minimum absolute atomic E-state index is 0.585. The molecular weight excluding hydrogens is 374 g/mol. The SMILES string of the molecule is C=c1cccc/c1=C(/N=C(Cl)CC)c1ccc(-c2cccc3ccccc23)cc1. The van der Waals surface area contributed by atoms with Crippen molar-refractivity contribution >= 4 is 39.8 Å². The molecule has 0 atom stereocenters. The Kier molecular flexibility index (Phi) is 5.59. The van der Waals surface area contributed by atoms with E-state index in [0.717, 1.165) is 21.7 Å². The molecule has 4 aromatic rings. The summed E-state index contributed by atoms with van der Waals surface area (Å²) in [7, 11) is 0. The predicted octanol–water partition coefficient (Wildman–Crippen LogP) is 6.12. The molecule has 0 aromatic heterocycles. The maximum absolute atomic E-state index is 6.31. The van der Waals surface area contributed by atoms with Gasteiger partial charge in [0.15, 0.2) is 0 Å². The Balaban J connectivity index is 1.87. The molecule has 2 heteroatoms. The molecule has 0 aliphatic heterocycles. The Morgan fingerprint density at radius 2 is 1.52 bits per heavy atom. The lowest BCUT2D eigenvalue weighted by atomic mass is 9.97. The van der Waals surface area contributed by atoms with Crippen LogP contribution in [0.5, 0.6) is 0 Å². The van der Waals surface area contributed by atoms with Crippen molar-refractivity contribution in [3.05, 3.63) is 107 Å². The van der Waals surface area contributed by atoms with Crippen molar-refractivity contribution in [3.8, 4) is 11.1 Å². The first kappa shape index (κ1) is 19.2. The van der Waals surface area contributed by atoms with E-state index in [9.17, 15) is 0 Å². The Labute approximate surface area is 176 Å². The number of halogens is 1. The monoisotopic (exact) mass is 395 g/mol. The van der Waals surface area contributed by atoms with Crippen molar-refractivity contribution < 1.29 is 0 Å². The highest BCUT2D eigenvalue weighted by atomic mass is 35.5. The standard InChI is InChI=1S/C27H22ClN/c1-3-26(28)29-27(23-12-6-4-9-19(23)2)22-17-15-21(16-18-22)25-14-8-11-20-10-5-7-13-24(20)25/h4-18H,2-3H2,1H3/b27-23-,29-26?. The molecule has 142 valence electrons. The van der Waals surface area contributed by atoms with Crippen molar-refractivity contribution in [2.75, 3.05) is 0 Å². The van der Waals surface area contributed by atoms with E-state index in [1.807, 2.05) is 31.2 Å². The smallest absolute Gasteiger partial charge is 0.106 e. The van der Waals surface area contributed by atoms with Crippen molar-refractivity contribution in [3.63, 3.8) is 0 Å². The molecule has 0 heterocycles. The zero-order chi connectivity index (χ0) is 20.2. The number of fused-ring (bicyclic) bond motifs is 1. The summed E-state index contributed by atoms with van der Waals surface area (Å²) in [4.78, 5) is 4.71. The second-order valence-electron chi connectivity index (χ2n) is 6.95. The second-order valence-corrected chi connectivity index (χ2v) is 7.39. The van der Waals surface area contributed by atoms with E-state index >= 15 is 0 Å². The fourth-order valence-electron chi connectivity index (χ4n) is 3.52. The molecular formula is C27H22ClN. The van der Waals surface area contributed by atoms with Crippen LogP contribution in [0.15, 0.2) is 96.0 Å². The highest BCUT2D eigenvalue weighted by molar-refractivity contribution is 6.65. The van der Waals surface area contributed by atoms with Gasteiger partial charge in [-0.3, -0.25) is 0 Å². The Hall–Kier alpha value is -3.16. The van der Waals surface area contributed by atoms with Gasteiger partial charge in [0.1, 0.15) is 5.17 Å². The molecule has 29 heavy (non-hydrogen) atoms. The maximum Gasteiger partial charge on any atom is 0.106 e. The van der Waals surface area contributed by atoms with E-state index in [2.05, 4.69) is 73.3 Å². The zero-order valence-electron chi connectivity index (χ0n) is 16.4. The summed E-state index contributed by atoms with van der Waals surface area (Å²) in [6.07, 6.45) is 0.693. The zero-order valence-corrected chi connectivity index (χ0v) is 17.2. The number of benzene rings is 4. The van der Waals surface area contributed by atoms with Crippen LogP contribution in [0.1, 0.15) is 18.9 Å². The highest BCUT2D eigenvalue weighted by Gasteiger charge is 2.07. The van der Waals surface area contributed by atoms with Crippen LogP contribution in [-0.2, 0) is 0 Å². The van der Waals surface area contributed by atoms with E-state index < -0.39 is 0 Å². The highest BCUT2D eigenvalue weighted by Crippen LogP contribution is 2.29. The molecule has 1 nitrogen and oxygen atoms in total.